The fraction of sp³-hybridized carbons (Fsp3) is 0.417. The molecule has 0 N–H and O–H groups in total. The van der Waals surface area contributed by atoms with E-state index in [9.17, 15) is 9.59 Å². The second-order valence-electron chi connectivity index (χ2n) is 8.03. The number of ether oxygens (including phenoxy) is 2. The molecule has 2 fully saturated rings. The molecule has 2 saturated heterocycles. The summed E-state index contributed by atoms with van der Waals surface area (Å²) in [4.78, 5) is 33.1. The Bertz CT molecular complexity index is 944. The monoisotopic (exact) mass is 438 g/mol. The van der Waals surface area contributed by atoms with E-state index in [-0.39, 0.29) is 18.5 Å². The van der Waals surface area contributed by atoms with Gasteiger partial charge in [-0.15, -0.1) is 0 Å². The Kier molecular flexibility index (Phi) is 6.80. The number of carbonyl (C=O) groups excluding carboxylic acids is 2. The summed E-state index contributed by atoms with van der Waals surface area (Å²) in [7, 11) is 3.32. The van der Waals surface area contributed by atoms with Crippen LogP contribution in [-0.2, 0) is 11.3 Å². The molecule has 2 aromatic rings. The lowest BCUT2D eigenvalue weighted by Gasteiger charge is -2.35. The van der Waals surface area contributed by atoms with Crippen LogP contribution < -0.4 is 14.4 Å². The highest BCUT2D eigenvalue weighted by Crippen LogP contribution is 2.26. The number of hydrogen-bond donors (Lipinski definition) is 0. The maximum absolute atomic E-state index is 12.9. The summed E-state index contributed by atoms with van der Waals surface area (Å²) < 4.78 is 10.8. The van der Waals surface area contributed by atoms with Gasteiger partial charge in [0.05, 0.1) is 14.2 Å². The minimum absolute atomic E-state index is 0.00636. The van der Waals surface area contributed by atoms with Crippen molar-refractivity contribution in [2.75, 3.05) is 64.9 Å². The number of para-hydroxylation sites is 1. The van der Waals surface area contributed by atoms with Crippen molar-refractivity contribution in [2.45, 2.75) is 6.54 Å². The third-order valence-corrected chi connectivity index (χ3v) is 6.10. The second-order valence-corrected chi connectivity index (χ2v) is 8.03. The van der Waals surface area contributed by atoms with Crippen LogP contribution in [0, 0.1) is 0 Å². The molecule has 2 aliphatic heterocycles. The summed E-state index contributed by atoms with van der Waals surface area (Å²) in [6.07, 6.45) is 0. The van der Waals surface area contributed by atoms with Gasteiger partial charge in [-0.3, -0.25) is 14.6 Å². The van der Waals surface area contributed by atoms with Crippen LogP contribution in [0.2, 0.25) is 0 Å². The highest BCUT2D eigenvalue weighted by molar-refractivity contribution is 5.96. The summed E-state index contributed by atoms with van der Waals surface area (Å²) in [6, 6.07) is 15.3. The van der Waals surface area contributed by atoms with E-state index in [0.29, 0.717) is 26.2 Å². The van der Waals surface area contributed by atoms with Crippen LogP contribution in [0.3, 0.4) is 0 Å². The molecular weight excluding hydrogens is 408 g/mol. The van der Waals surface area contributed by atoms with Crippen LogP contribution >= 0.6 is 0 Å². The van der Waals surface area contributed by atoms with E-state index in [2.05, 4.69) is 4.90 Å². The zero-order valence-electron chi connectivity index (χ0n) is 18.7. The van der Waals surface area contributed by atoms with Gasteiger partial charge in [0, 0.05) is 57.1 Å². The van der Waals surface area contributed by atoms with Crippen molar-refractivity contribution in [2.24, 2.45) is 0 Å². The van der Waals surface area contributed by atoms with Gasteiger partial charge in [0.1, 0.15) is 18.0 Å². The first-order valence-electron chi connectivity index (χ1n) is 10.9. The maximum atomic E-state index is 12.9. The molecule has 0 unspecified atom stereocenters. The summed E-state index contributed by atoms with van der Waals surface area (Å²) in [5, 5.41) is 0. The van der Waals surface area contributed by atoms with Gasteiger partial charge >= 0.3 is 6.03 Å². The van der Waals surface area contributed by atoms with Crippen LogP contribution in [-0.4, -0.2) is 86.7 Å². The van der Waals surface area contributed by atoms with E-state index in [0.717, 1.165) is 42.4 Å². The SMILES string of the molecule is COc1ccc(OC)c(CN2CCN(C(=O)CN3CCN(c4ccccc4)C3=O)CC2)c1. The minimum atomic E-state index is -0.103. The normalized spacial score (nSPS) is 17.1. The topological polar surface area (TPSA) is 65.6 Å². The van der Waals surface area contributed by atoms with Gasteiger partial charge in [0.25, 0.3) is 0 Å². The second kappa shape index (κ2) is 9.91. The van der Waals surface area contributed by atoms with Crippen molar-refractivity contribution >= 4 is 17.6 Å². The van der Waals surface area contributed by atoms with E-state index >= 15 is 0 Å². The zero-order valence-corrected chi connectivity index (χ0v) is 18.7. The predicted octanol–water partition coefficient (Wildman–Crippen LogP) is 2.29. The van der Waals surface area contributed by atoms with Crippen LogP contribution in [0.5, 0.6) is 11.5 Å². The molecule has 0 saturated carbocycles. The number of amides is 3. The van der Waals surface area contributed by atoms with Crippen molar-refractivity contribution in [1.82, 2.24) is 14.7 Å². The van der Waals surface area contributed by atoms with Crippen LogP contribution in [0.25, 0.3) is 0 Å². The molecule has 8 nitrogen and oxygen atoms in total. The first-order valence-corrected chi connectivity index (χ1v) is 10.9. The first-order chi connectivity index (χ1) is 15.6. The lowest BCUT2D eigenvalue weighted by atomic mass is 10.1. The predicted molar refractivity (Wildman–Crippen MR) is 122 cm³/mol. The smallest absolute Gasteiger partial charge is 0.325 e. The fourth-order valence-corrected chi connectivity index (χ4v) is 4.24. The zero-order chi connectivity index (χ0) is 22.5. The average molecular weight is 439 g/mol. The third-order valence-electron chi connectivity index (χ3n) is 6.10. The average Bonchev–Trinajstić information content (AvgIpc) is 3.19. The Morgan fingerprint density at radius 2 is 1.66 bits per heavy atom. The number of urea groups is 1. The standard InChI is InChI=1S/C24H30N4O4/c1-31-21-8-9-22(32-2)19(16-21)17-25-10-12-26(13-11-25)23(29)18-27-14-15-28(24(27)30)20-6-4-3-5-7-20/h3-9,16H,10-15,17-18H2,1-2H3. The Hall–Kier alpha value is -3.26. The van der Waals surface area contributed by atoms with Crippen LogP contribution in [0.4, 0.5) is 10.5 Å². The first kappa shape index (κ1) is 22.0. The van der Waals surface area contributed by atoms with Gasteiger partial charge in [0.2, 0.25) is 5.91 Å². The van der Waals surface area contributed by atoms with E-state index in [4.69, 9.17) is 9.47 Å². The molecule has 2 aliphatic rings. The number of rotatable bonds is 7. The molecular formula is C24H30N4O4. The molecule has 170 valence electrons. The van der Waals surface area contributed by atoms with Crippen molar-refractivity contribution in [3.63, 3.8) is 0 Å². The molecule has 0 aliphatic carbocycles. The molecule has 0 aromatic heterocycles. The minimum Gasteiger partial charge on any atom is -0.497 e. The van der Waals surface area contributed by atoms with Gasteiger partial charge in [-0.25, -0.2) is 4.79 Å². The Balaban J connectivity index is 1.28. The van der Waals surface area contributed by atoms with Crippen LogP contribution in [0.1, 0.15) is 5.56 Å². The van der Waals surface area contributed by atoms with E-state index in [1.807, 2.05) is 53.4 Å². The highest BCUT2D eigenvalue weighted by Gasteiger charge is 2.32. The van der Waals surface area contributed by atoms with Crippen LogP contribution in [0.15, 0.2) is 48.5 Å². The summed E-state index contributed by atoms with van der Waals surface area (Å²) in [5.41, 5.74) is 1.93. The lowest BCUT2D eigenvalue weighted by Crippen LogP contribution is -2.51. The van der Waals surface area contributed by atoms with Crippen molar-refractivity contribution in [1.29, 1.82) is 0 Å². The molecule has 2 aromatic carbocycles. The molecule has 32 heavy (non-hydrogen) atoms. The Morgan fingerprint density at radius 1 is 0.906 bits per heavy atom. The molecule has 0 radical (unpaired) electrons. The molecule has 8 heteroatoms. The van der Waals surface area contributed by atoms with Gasteiger partial charge < -0.3 is 19.3 Å². The quantitative estimate of drug-likeness (QED) is 0.664. The molecule has 0 spiro atoms. The number of anilines is 1. The number of methoxy groups -OCH3 is 2. The highest BCUT2D eigenvalue weighted by atomic mass is 16.5. The number of carbonyl (C=O) groups is 2. The summed E-state index contributed by atoms with van der Waals surface area (Å²) >= 11 is 0. The number of nitrogens with zero attached hydrogens (tertiary/aromatic N) is 4. The Morgan fingerprint density at radius 3 is 2.34 bits per heavy atom. The number of benzene rings is 2. The third kappa shape index (κ3) is 4.80. The number of hydrogen-bond acceptors (Lipinski definition) is 5. The number of piperazine rings is 1. The van der Waals surface area contributed by atoms with Crippen molar-refractivity contribution < 1.29 is 19.1 Å². The van der Waals surface area contributed by atoms with Gasteiger partial charge in [-0.1, -0.05) is 18.2 Å². The molecule has 0 bridgehead atoms. The summed E-state index contributed by atoms with van der Waals surface area (Å²) in [5.74, 6) is 1.64. The molecule has 0 atom stereocenters. The molecule has 3 amide bonds. The molecule has 4 rings (SSSR count). The van der Waals surface area contributed by atoms with E-state index < -0.39 is 0 Å². The maximum Gasteiger partial charge on any atom is 0.325 e. The lowest BCUT2D eigenvalue weighted by molar-refractivity contribution is -0.133. The van der Waals surface area contributed by atoms with Gasteiger partial charge in [0.15, 0.2) is 0 Å². The van der Waals surface area contributed by atoms with Gasteiger partial charge in [-0.2, -0.15) is 0 Å². The van der Waals surface area contributed by atoms with E-state index in [1.165, 1.54) is 0 Å². The van der Waals surface area contributed by atoms with Crippen molar-refractivity contribution in [3.05, 3.63) is 54.1 Å². The van der Waals surface area contributed by atoms with Crippen molar-refractivity contribution in [3.8, 4) is 11.5 Å². The Labute approximate surface area is 188 Å². The molecule has 2 heterocycles. The van der Waals surface area contributed by atoms with E-state index in [1.54, 1.807) is 24.0 Å². The summed E-state index contributed by atoms with van der Waals surface area (Å²) in [6.45, 7) is 4.88. The van der Waals surface area contributed by atoms with Gasteiger partial charge in [-0.05, 0) is 30.3 Å². The largest absolute Gasteiger partial charge is 0.497 e. The fourth-order valence-electron chi connectivity index (χ4n) is 4.24.